The smallest absolute Gasteiger partial charge is 0.290 e. The number of hydrogen-bond donors (Lipinski definition) is 0. The van der Waals surface area contributed by atoms with Gasteiger partial charge >= 0.3 is 0 Å². The van der Waals surface area contributed by atoms with Crippen molar-refractivity contribution in [3.63, 3.8) is 0 Å². The molecule has 0 spiro atoms. The van der Waals surface area contributed by atoms with Crippen LogP contribution in [0, 0.1) is 0 Å². The Morgan fingerprint density at radius 1 is 1.67 bits per heavy atom. The Kier molecular flexibility index (Phi) is 3.79. The Morgan fingerprint density at radius 3 is 2.22 bits per heavy atom. The molecule has 0 bridgehead atoms. The molecular weight excluding hydrogens is 158 g/mol. The minimum atomic E-state index is -2.76. The molecular formula is C5H12ClO2P. The summed E-state index contributed by atoms with van der Waals surface area (Å²) < 4.78 is 15.8. The Balaban J connectivity index is 3.73. The highest BCUT2D eigenvalue weighted by Crippen LogP contribution is 2.52. The summed E-state index contributed by atoms with van der Waals surface area (Å²) in [7, 11) is 0. The third kappa shape index (κ3) is 4.95. The zero-order valence-electron chi connectivity index (χ0n) is 5.93. The van der Waals surface area contributed by atoms with E-state index in [0.717, 1.165) is 0 Å². The average Bonchev–Trinajstić information content (AvgIpc) is 1.63. The second kappa shape index (κ2) is 3.60. The fourth-order valence-corrected chi connectivity index (χ4v) is 1.65. The van der Waals surface area contributed by atoms with Crippen molar-refractivity contribution in [2.75, 3.05) is 6.16 Å². The van der Waals surface area contributed by atoms with Crippen molar-refractivity contribution < 1.29 is 9.09 Å². The number of halogens is 1. The maximum absolute atomic E-state index is 10.9. The van der Waals surface area contributed by atoms with Gasteiger partial charge in [0, 0.05) is 6.16 Å². The lowest BCUT2D eigenvalue weighted by Crippen LogP contribution is -1.98. The van der Waals surface area contributed by atoms with Gasteiger partial charge < -0.3 is 4.52 Å². The van der Waals surface area contributed by atoms with Crippen LogP contribution < -0.4 is 0 Å². The highest BCUT2D eigenvalue weighted by molar-refractivity contribution is 7.85. The lowest BCUT2D eigenvalue weighted by Gasteiger charge is -2.11. The molecule has 0 aliphatic carbocycles. The number of rotatable bonds is 3. The summed E-state index contributed by atoms with van der Waals surface area (Å²) in [5.41, 5.74) is 0. The van der Waals surface area contributed by atoms with Crippen LogP contribution in [-0.2, 0) is 9.09 Å². The third-order valence-corrected chi connectivity index (χ3v) is 3.19. The predicted octanol–water partition coefficient (Wildman–Crippen LogP) is 2.86. The van der Waals surface area contributed by atoms with Crippen LogP contribution in [0.25, 0.3) is 0 Å². The topological polar surface area (TPSA) is 26.3 Å². The van der Waals surface area contributed by atoms with Crippen molar-refractivity contribution in [2.24, 2.45) is 0 Å². The van der Waals surface area contributed by atoms with Crippen molar-refractivity contribution in [3.8, 4) is 0 Å². The molecule has 9 heavy (non-hydrogen) atoms. The molecule has 1 atom stereocenters. The Bertz CT molecular complexity index is 124. The highest BCUT2D eigenvalue weighted by atomic mass is 35.7. The molecule has 0 saturated heterocycles. The quantitative estimate of drug-likeness (QED) is 0.609. The largest absolute Gasteiger partial charge is 0.315 e. The molecule has 4 heteroatoms. The van der Waals surface area contributed by atoms with Gasteiger partial charge in [-0.05, 0) is 25.1 Å². The fraction of sp³-hybridized carbons (Fsp3) is 1.00. The van der Waals surface area contributed by atoms with E-state index in [1.807, 2.05) is 13.8 Å². The van der Waals surface area contributed by atoms with E-state index in [9.17, 15) is 4.57 Å². The molecule has 0 aromatic heterocycles. The van der Waals surface area contributed by atoms with Crippen molar-refractivity contribution in [1.82, 2.24) is 0 Å². The second-order valence-corrected chi connectivity index (χ2v) is 5.63. The van der Waals surface area contributed by atoms with E-state index in [1.165, 1.54) is 0 Å². The van der Waals surface area contributed by atoms with Crippen LogP contribution in [0.5, 0.6) is 0 Å². The minimum absolute atomic E-state index is 0.0479. The first-order valence-corrected chi connectivity index (χ1v) is 5.66. The minimum Gasteiger partial charge on any atom is -0.315 e. The van der Waals surface area contributed by atoms with Gasteiger partial charge in [0.05, 0.1) is 6.10 Å². The van der Waals surface area contributed by atoms with E-state index in [4.69, 9.17) is 15.8 Å². The average molecular weight is 171 g/mol. The first-order valence-electron chi connectivity index (χ1n) is 2.95. The SMILES string of the molecule is CCP(=O)(Cl)OC(C)C. The van der Waals surface area contributed by atoms with Gasteiger partial charge in [0.15, 0.2) is 0 Å². The number of hydrogen-bond acceptors (Lipinski definition) is 2. The zero-order valence-corrected chi connectivity index (χ0v) is 7.58. The van der Waals surface area contributed by atoms with Gasteiger partial charge in [0.2, 0.25) is 0 Å². The van der Waals surface area contributed by atoms with Crippen LogP contribution in [0.3, 0.4) is 0 Å². The Hall–Kier alpha value is 0.480. The summed E-state index contributed by atoms with van der Waals surface area (Å²) >= 11 is 5.45. The van der Waals surface area contributed by atoms with Crippen LogP contribution in [0.2, 0.25) is 0 Å². The van der Waals surface area contributed by atoms with Gasteiger partial charge in [0.25, 0.3) is 6.72 Å². The summed E-state index contributed by atoms with van der Waals surface area (Å²) in [4.78, 5) is 0. The van der Waals surface area contributed by atoms with Crippen molar-refractivity contribution in [1.29, 1.82) is 0 Å². The molecule has 0 fully saturated rings. The second-order valence-electron chi connectivity index (χ2n) is 2.06. The molecule has 0 heterocycles. The molecule has 0 amide bonds. The predicted molar refractivity (Wildman–Crippen MR) is 40.2 cm³/mol. The monoisotopic (exact) mass is 170 g/mol. The van der Waals surface area contributed by atoms with Gasteiger partial charge in [-0.25, -0.2) is 0 Å². The zero-order chi connectivity index (χ0) is 7.49. The molecule has 0 aromatic carbocycles. The maximum atomic E-state index is 10.9. The standard InChI is InChI=1S/C5H12ClO2P/c1-4-9(6,7)8-5(2)3/h5H,4H2,1-3H3. The van der Waals surface area contributed by atoms with E-state index in [-0.39, 0.29) is 6.10 Å². The molecule has 2 nitrogen and oxygen atoms in total. The van der Waals surface area contributed by atoms with Crippen LogP contribution in [0.1, 0.15) is 20.8 Å². The van der Waals surface area contributed by atoms with Crippen LogP contribution in [-0.4, -0.2) is 12.3 Å². The third-order valence-electron chi connectivity index (χ3n) is 0.746. The van der Waals surface area contributed by atoms with Crippen molar-refractivity contribution in [3.05, 3.63) is 0 Å². The summed E-state index contributed by atoms with van der Waals surface area (Å²) in [5, 5.41) is 0. The summed E-state index contributed by atoms with van der Waals surface area (Å²) in [6, 6.07) is 0. The molecule has 0 aliphatic rings. The first-order chi connectivity index (χ1) is 3.98. The van der Waals surface area contributed by atoms with E-state index >= 15 is 0 Å². The van der Waals surface area contributed by atoms with Crippen molar-refractivity contribution in [2.45, 2.75) is 26.9 Å². The molecule has 0 N–H and O–H groups in total. The van der Waals surface area contributed by atoms with Gasteiger partial charge in [-0.1, -0.05) is 6.92 Å². The van der Waals surface area contributed by atoms with Gasteiger partial charge in [0.1, 0.15) is 0 Å². The van der Waals surface area contributed by atoms with Gasteiger partial charge in [-0.15, -0.1) is 0 Å². The van der Waals surface area contributed by atoms with Crippen LogP contribution >= 0.6 is 18.0 Å². The fourth-order valence-electron chi connectivity index (χ4n) is 0.389. The van der Waals surface area contributed by atoms with Crippen LogP contribution in [0.15, 0.2) is 0 Å². The summed E-state index contributed by atoms with van der Waals surface area (Å²) in [6.45, 7) is 2.61. The Labute approximate surface area is 60.8 Å². The van der Waals surface area contributed by atoms with Gasteiger partial charge in [-0.2, -0.15) is 0 Å². The molecule has 56 valence electrons. The van der Waals surface area contributed by atoms with E-state index in [1.54, 1.807) is 6.92 Å². The van der Waals surface area contributed by atoms with Crippen molar-refractivity contribution >= 4 is 18.0 Å². The molecule has 0 rings (SSSR count). The van der Waals surface area contributed by atoms with Gasteiger partial charge in [-0.3, -0.25) is 4.57 Å². The molecule has 0 aromatic rings. The summed E-state index contributed by atoms with van der Waals surface area (Å²) in [5.74, 6) is 0. The maximum Gasteiger partial charge on any atom is 0.290 e. The van der Waals surface area contributed by atoms with Crippen LogP contribution in [0.4, 0.5) is 0 Å². The first kappa shape index (κ1) is 9.48. The van der Waals surface area contributed by atoms with E-state index in [0.29, 0.717) is 6.16 Å². The Morgan fingerprint density at radius 2 is 2.11 bits per heavy atom. The lowest BCUT2D eigenvalue weighted by atomic mass is 10.5. The molecule has 0 radical (unpaired) electrons. The molecule has 0 saturated carbocycles. The molecule has 0 aliphatic heterocycles. The molecule has 1 unspecified atom stereocenters. The highest BCUT2D eigenvalue weighted by Gasteiger charge is 2.16. The summed E-state index contributed by atoms with van der Waals surface area (Å²) in [6.07, 6.45) is 0.348. The van der Waals surface area contributed by atoms with E-state index in [2.05, 4.69) is 0 Å². The normalized spacial score (nSPS) is 17.9. The van der Waals surface area contributed by atoms with E-state index < -0.39 is 6.72 Å². The lowest BCUT2D eigenvalue weighted by molar-refractivity contribution is 0.252.